The van der Waals surface area contributed by atoms with E-state index in [2.05, 4.69) is 15.3 Å². The molecular formula is C20H17N3O2. The third-order valence-electron chi connectivity index (χ3n) is 4.01. The summed E-state index contributed by atoms with van der Waals surface area (Å²) in [4.78, 5) is 20.3. The summed E-state index contributed by atoms with van der Waals surface area (Å²) in [6.45, 7) is 2.39. The van der Waals surface area contributed by atoms with Crippen LogP contribution in [0.4, 0.5) is 5.95 Å². The lowest BCUT2D eigenvalue weighted by atomic mass is 10.1. The number of H-pyrrole nitrogens is 1. The summed E-state index contributed by atoms with van der Waals surface area (Å²) in [5.41, 5.74) is 2.17. The number of benzene rings is 3. The third kappa shape index (κ3) is 2.92. The van der Waals surface area contributed by atoms with Crippen molar-refractivity contribution in [1.29, 1.82) is 0 Å². The van der Waals surface area contributed by atoms with Crippen molar-refractivity contribution in [2.45, 2.75) is 6.92 Å². The van der Waals surface area contributed by atoms with Crippen molar-refractivity contribution < 1.29 is 9.53 Å². The zero-order chi connectivity index (χ0) is 17.2. The van der Waals surface area contributed by atoms with Crippen molar-refractivity contribution in [3.63, 3.8) is 0 Å². The van der Waals surface area contributed by atoms with Gasteiger partial charge in [0.05, 0.1) is 23.2 Å². The van der Waals surface area contributed by atoms with Crippen LogP contribution in [0.2, 0.25) is 0 Å². The highest BCUT2D eigenvalue weighted by Gasteiger charge is 2.16. The Morgan fingerprint density at radius 3 is 2.56 bits per heavy atom. The van der Waals surface area contributed by atoms with Crippen molar-refractivity contribution in [2.75, 3.05) is 11.9 Å². The molecule has 0 radical (unpaired) electrons. The van der Waals surface area contributed by atoms with Crippen molar-refractivity contribution in [1.82, 2.24) is 9.97 Å². The number of anilines is 1. The normalized spacial score (nSPS) is 10.9. The van der Waals surface area contributed by atoms with E-state index in [0.717, 1.165) is 21.8 Å². The number of ether oxygens (including phenoxy) is 1. The van der Waals surface area contributed by atoms with E-state index in [1.165, 1.54) is 0 Å². The fraction of sp³-hybridized carbons (Fsp3) is 0.100. The lowest BCUT2D eigenvalue weighted by Crippen LogP contribution is -2.14. The molecule has 0 unspecified atom stereocenters. The van der Waals surface area contributed by atoms with Gasteiger partial charge in [-0.25, -0.2) is 4.98 Å². The average Bonchev–Trinajstić information content (AvgIpc) is 3.03. The number of rotatable bonds is 4. The minimum atomic E-state index is -0.256. The summed E-state index contributed by atoms with van der Waals surface area (Å²) in [5, 5.41) is 4.85. The van der Waals surface area contributed by atoms with Crippen LogP contribution in [0.5, 0.6) is 5.75 Å². The molecule has 1 aromatic heterocycles. The van der Waals surface area contributed by atoms with Gasteiger partial charge in [0.1, 0.15) is 5.75 Å². The van der Waals surface area contributed by atoms with Crippen LogP contribution in [0.3, 0.4) is 0 Å². The quantitative estimate of drug-likeness (QED) is 0.583. The monoisotopic (exact) mass is 331 g/mol. The largest absolute Gasteiger partial charge is 0.493 e. The number of nitrogens with zero attached hydrogens (tertiary/aromatic N) is 1. The molecule has 0 aliphatic carbocycles. The van der Waals surface area contributed by atoms with Crippen molar-refractivity contribution >= 4 is 33.7 Å². The Bertz CT molecular complexity index is 1040. The molecule has 0 saturated heterocycles. The lowest BCUT2D eigenvalue weighted by molar-refractivity contribution is 0.102. The van der Waals surface area contributed by atoms with Gasteiger partial charge in [-0.3, -0.25) is 10.1 Å². The van der Waals surface area contributed by atoms with E-state index in [-0.39, 0.29) is 5.91 Å². The average molecular weight is 331 g/mol. The molecule has 1 amide bonds. The fourth-order valence-corrected chi connectivity index (χ4v) is 2.86. The number of carbonyl (C=O) groups is 1. The maximum absolute atomic E-state index is 12.8. The number of amides is 1. The first-order valence-corrected chi connectivity index (χ1v) is 8.16. The van der Waals surface area contributed by atoms with Gasteiger partial charge in [0.2, 0.25) is 5.95 Å². The van der Waals surface area contributed by atoms with E-state index in [0.29, 0.717) is 23.9 Å². The zero-order valence-corrected chi connectivity index (χ0v) is 13.7. The number of hydrogen-bond acceptors (Lipinski definition) is 3. The van der Waals surface area contributed by atoms with E-state index >= 15 is 0 Å². The van der Waals surface area contributed by atoms with E-state index in [9.17, 15) is 4.79 Å². The van der Waals surface area contributed by atoms with Gasteiger partial charge >= 0.3 is 0 Å². The Morgan fingerprint density at radius 2 is 1.80 bits per heavy atom. The second-order valence-electron chi connectivity index (χ2n) is 5.69. The molecule has 0 fully saturated rings. The van der Waals surface area contributed by atoms with Crippen LogP contribution >= 0.6 is 0 Å². The third-order valence-corrected chi connectivity index (χ3v) is 4.01. The van der Waals surface area contributed by atoms with Crippen LogP contribution in [-0.2, 0) is 0 Å². The first-order valence-electron chi connectivity index (χ1n) is 8.16. The number of para-hydroxylation sites is 2. The molecule has 0 aliphatic rings. The van der Waals surface area contributed by atoms with Crippen molar-refractivity contribution in [2.24, 2.45) is 0 Å². The molecule has 0 saturated carbocycles. The first-order chi connectivity index (χ1) is 12.2. The van der Waals surface area contributed by atoms with Crippen LogP contribution in [0, 0.1) is 0 Å². The lowest BCUT2D eigenvalue weighted by Gasteiger charge is -2.11. The predicted octanol–water partition coefficient (Wildman–Crippen LogP) is 4.37. The summed E-state index contributed by atoms with van der Waals surface area (Å²) in [7, 11) is 0. The number of aromatic nitrogens is 2. The Hall–Kier alpha value is -3.34. The predicted molar refractivity (Wildman–Crippen MR) is 99.2 cm³/mol. The van der Waals surface area contributed by atoms with Crippen molar-refractivity contribution in [3.05, 3.63) is 66.2 Å². The summed E-state index contributed by atoms with van der Waals surface area (Å²) in [6, 6.07) is 19.3. The fourth-order valence-electron chi connectivity index (χ4n) is 2.86. The molecule has 0 spiro atoms. The van der Waals surface area contributed by atoms with Crippen LogP contribution < -0.4 is 10.1 Å². The highest BCUT2D eigenvalue weighted by molar-refractivity contribution is 6.08. The van der Waals surface area contributed by atoms with Gasteiger partial charge in [0, 0.05) is 0 Å². The zero-order valence-electron chi connectivity index (χ0n) is 13.7. The number of imidazole rings is 1. The molecule has 124 valence electrons. The van der Waals surface area contributed by atoms with Crippen LogP contribution in [0.25, 0.3) is 21.8 Å². The van der Waals surface area contributed by atoms with E-state index < -0.39 is 0 Å². The standard InChI is InChI=1S/C20H17N3O2/c1-2-25-18-12-14-8-4-3-7-13(14)11-15(18)19(24)23-20-21-16-9-5-6-10-17(16)22-20/h3-12H,2H2,1H3,(H2,21,22,23,24). The Balaban J connectivity index is 1.71. The SMILES string of the molecule is CCOc1cc2ccccc2cc1C(=O)Nc1nc2ccccc2[nH]1. The molecule has 2 N–H and O–H groups in total. The van der Waals surface area contributed by atoms with E-state index in [1.807, 2.05) is 67.6 Å². The topological polar surface area (TPSA) is 67.0 Å². The molecule has 5 heteroatoms. The minimum absolute atomic E-state index is 0.256. The summed E-state index contributed by atoms with van der Waals surface area (Å²) in [6.07, 6.45) is 0. The van der Waals surface area contributed by atoms with Gasteiger partial charge in [-0.15, -0.1) is 0 Å². The Labute approximate surface area is 144 Å². The van der Waals surface area contributed by atoms with Crippen LogP contribution in [0.1, 0.15) is 17.3 Å². The highest BCUT2D eigenvalue weighted by atomic mass is 16.5. The molecule has 3 aromatic carbocycles. The van der Waals surface area contributed by atoms with E-state index in [4.69, 9.17) is 4.74 Å². The Kier molecular flexibility index (Phi) is 3.82. The molecule has 4 aromatic rings. The minimum Gasteiger partial charge on any atom is -0.493 e. The molecule has 1 heterocycles. The van der Waals surface area contributed by atoms with Gasteiger partial charge in [0.15, 0.2) is 0 Å². The molecule has 0 aliphatic heterocycles. The summed E-state index contributed by atoms with van der Waals surface area (Å²) in [5.74, 6) is 0.727. The maximum atomic E-state index is 12.8. The molecule has 0 atom stereocenters. The van der Waals surface area contributed by atoms with E-state index in [1.54, 1.807) is 0 Å². The van der Waals surface area contributed by atoms with Gasteiger partial charge < -0.3 is 9.72 Å². The number of nitrogens with one attached hydrogen (secondary N) is 2. The smallest absolute Gasteiger partial charge is 0.261 e. The number of hydrogen-bond donors (Lipinski definition) is 2. The first kappa shape index (κ1) is 15.2. The Morgan fingerprint density at radius 1 is 1.08 bits per heavy atom. The highest BCUT2D eigenvalue weighted by Crippen LogP contribution is 2.27. The molecular weight excluding hydrogens is 314 g/mol. The van der Waals surface area contributed by atoms with Crippen LogP contribution in [0.15, 0.2) is 60.7 Å². The van der Waals surface area contributed by atoms with Crippen LogP contribution in [-0.4, -0.2) is 22.5 Å². The molecule has 5 nitrogen and oxygen atoms in total. The second kappa shape index (κ2) is 6.28. The molecule has 0 bridgehead atoms. The number of carbonyl (C=O) groups excluding carboxylic acids is 1. The maximum Gasteiger partial charge on any atom is 0.261 e. The molecule has 4 rings (SSSR count). The van der Waals surface area contributed by atoms with Crippen molar-refractivity contribution in [3.8, 4) is 5.75 Å². The van der Waals surface area contributed by atoms with Gasteiger partial charge in [-0.05, 0) is 42.0 Å². The van der Waals surface area contributed by atoms with Gasteiger partial charge in [-0.2, -0.15) is 0 Å². The number of fused-ring (bicyclic) bond motifs is 2. The number of aromatic amines is 1. The molecule has 25 heavy (non-hydrogen) atoms. The summed E-state index contributed by atoms with van der Waals surface area (Å²) >= 11 is 0. The second-order valence-corrected chi connectivity index (χ2v) is 5.69. The van der Waals surface area contributed by atoms with Gasteiger partial charge in [0.25, 0.3) is 5.91 Å². The van der Waals surface area contributed by atoms with Gasteiger partial charge in [-0.1, -0.05) is 36.4 Å². The summed E-state index contributed by atoms with van der Waals surface area (Å²) < 4.78 is 5.67.